The molecule has 1 aliphatic rings. The Morgan fingerprint density at radius 2 is 1.96 bits per heavy atom. The summed E-state index contributed by atoms with van der Waals surface area (Å²) in [6.45, 7) is 5.22. The van der Waals surface area contributed by atoms with Crippen LogP contribution in [-0.2, 0) is 0 Å². The number of hydrogen-bond acceptors (Lipinski definition) is 4. The van der Waals surface area contributed by atoms with Crippen LogP contribution in [0.3, 0.4) is 0 Å². The van der Waals surface area contributed by atoms with Gasteiger partial charge in [0, 0.05) is 34.9 Å². The molecule has 0 aromatic carbocycles. The van der Waals surface area contributed by atoms with Crippen molar-refractivity contribution in [3.8, 4) is 0 Å². The first-order valence-electron chi connectivity index (χ1n) is 8.00. The minimum Gasteiger partial charge on any atom is -0.387 e. The lowest BCUT2D eigenvalue weighted by atomic mass is 9.90. The molecule has 0 saturated carbocycles. The van der Waals surface area contributed by atoms with Crippen LogP contribution in [0.15, 0.2) is 29.6 Å². The first-order valence-corrected chi connectivity index (χ1v) is 8.88. The monoisotopic (exact) mass is 330 g/mol. The number of pyridine rings is 1. The largest absolute Gasteiger partial charge is 0.387 e. The first kappa shape index (κ1) is 16.1. The maximum absolute atomic E-state index is 12.6. The zero-order valence-corrected chi connectivity index (χ0v) is 14.3. The molecule has 1 amide bonds. The van der Waals surface area contributed by atoms with Gasteiger partial charge in [0.2, 0.25) is 0 Å². The van der Waals surface area contributed by atoms with Gasteiger partial charge in [0.05, 0.1) is 6.10 Å². The summed E-state index contributed by atoms with van der Waals surface area (Å²) in [4.78, 5) is 19.9. The Hall–Kier alpha value is -1.72. The summed E-state index contributed by atoms with van der Waals surface area (Å²) in [6.07, 6.45) is 1.28. The van der Waals surface area contributed by atoms with Gasteiger partial charge in [-0.2, -0.15) is 0 Å². The van der Waals surface area contributed by atoms with E-state index in [1.807, 2.05) is 48.4 Å². The van der Waals surface area contributed by atoms with Gasteiger partial charge in [0.1, 0.15) is 0 Å². The van der Waals surface area contributed by atoms with Gasteiger partial charge in [-0.3, -0.25) is 9.78 Å². The predicted octanol–water partition coefficient (Wildman–Crippen LogP) is 3.35. The summed E-state index contributed by atoms with van der Waals surface area (Å²) >= 11 is 1.59. The van der Waals surface area contributed by atoms with Crippen molar-refractivity contribution in [1.82, 2.24) is 9.88 Å². The number of piperidine rings is 1. The van der Waals surface area contributed by atoms with Gasteiger partial charge >= 0.3 is 0 Å². The zero-order chi connectivity index (χ0) is 16.4. The quantitative estimate of drug-likeness (QED) is 0.939. The molecule has 0 unspecified atom stereocenters. The maximum Gasteiger partial charge on any atom is 0.253 e. The Morgan fingerprint density at radius 1 is 1.30 bits per heavy atom. The van der Waals surface area contributed by atoms with E-state index in [2.05, 4.69) is 4.98 Å². The van der Waals surface area contributed by atoms with Crippen molar-refractivity contribution in [1.29, 1.82) is 0 Å². The number of rotatable bonds is 3. The summed E-state index contributed by atoms with van der Waals surface area (Å²) in [5, 5.41) is 12.4. The molecule has 3 rings (SSSR count). The van der Waals surface area contributed by atoms with Crippen LogP contribution in [0.1, 0.15) is 45.6 Å². The topological polar surface area (TPSA) is 53.4 Å². The Labute approximate surface area is 140 Å². The molecule has 1 fully saturated rings. The molecule has 2 aromatic heterocycles. The highest BCUT2D eigenvalue weighted by Crippen LogP contribution is 2.33. The van der Waals surface area contributed by atoms with Gasteiger partial charge in [-0.05, 0) is 56.2 Å². The summed E-state index contributed by atoms with van der Waals surface area (Å²) < 4.78 is 0. The normalized spacial score (nSPS) is 17.3. The third kappa shape index (κ3) is 3.62. The van der Waals surface area contributed by atoms with Crippen molar-refractivity contribution in [3.05, 3.63) is 51.5 Å². The molecule has 122 valence electrons. The van der Waals surface area contributed by atoms with Crippen LogP contribution in [0.4, 0.5) is 0 Å². The van der Waals surface area contributed by atoms with E-state index in [9.17, 15) is 9.90 Å². The van der Waals surface area contributed by atoms with Crippen LogP contribution in [0.2, 0.25) is 0 Å². The third-order valence-corrected chi connectivity index (χ3v) is 5.38. The lowest BCUT2D eigenvalue weighted by Crippen LogP contribution is -2.39. The van der Waals surface area contributed by atoms with E-state index in [1.165, 1.54) is 0 Å². The van der Waals surface area contributed by atoms with E-state index in [0.29, 0.717) is 18.7 Å². The van der Waals surface area contributed by atoms with E-state index in [0.717, 1.165) is 29.1 Å². The molecular formula is C18H22N2O2S. The van der Waals surface area contributed by atoms with Crippen LogP contribution in [0.25, 0.3) is 0 Å². The van der Waals surface area contributed by atoms with Crippen LogP contribution in [0, 0.1) is 19.8 Å². The third-order valence-electron chi connectivity index (χ3n) is 4.44. The number of nitrogens with zero attached hydrogens (tertiary/aromatic N) is 2. The minimum absolute atomic E-state index is 0.0719. The number of carbonyl (C=O) groups is 1. The van der Waals surface area contributed by atoms with Gasteiger partial charge in [-0.25, -0.2) is 0 Å². The maximum atomic E-state index is 12.6. The Bertz CT molecular complexity index is 656. The highest BCUT2D eigenvalue weighted by Gasteiger charge is 2.29. The average Bonchev–Trinajstić information content (AvgIpc) is 3.07. The van der Waals surface area contributed by atoms with Gasteiger partial charge in [-0.1, -0.05) is 6.07 Å². The minimum atomic E-state index is -0.405. The van der Waals surface area contributed by atoms with Crippen molar-refractivity contribution < 1.29 is 9.90 Å². The van der Waals surface area contributed by atoms with E-state index >= 15 is 0 Å². The first-order chi connectivity index (χ1) is 11.0. The fourth-order valence-corrected chi connectivity index (χ4v) is 4.05. The van der Waals surface area contributed by atoms with Crippen molar-refractivity contribution in [2.75, 3.05) is 13.1 Å². The SMILES string of the molecule is Cc1cc(C(=O)N2CCC([C@H](O)c3cccs3)CC2)cc(C)n1. The van der Waals surface area contributed by atoms with Crippen molar-refractivity contribution in [2.45, 2.75) is 32.8 Å². The van der Waals surface area contributed by atoms with Crippen LogP contribution < -0.4 is 0 Å². The summed E-state index contributed by atoms with van der Waals surface area (Å²) in [5.74, 6) is 0.307. The molecule has 0 spiro atoms. The number of aliphatic hydroxyl groups excluding tert-OH is 1. The number of thiophene rings is 1. The molecule has 1 atom stereocenters. The van der Waals surface area contributed by atoms with Crippen molar-refractivity contribution in [3.63, 3.8) is 0 Å². The highest BCUT2D eigenvalue weighted by molar-refractivity contribution is 7.10. The Morgan fingerprint density at radius 3 is 2.52 bits per heavy atom. The van der Waals surface area contributed by atoms with Crippen LogP contribution in [0.5, 0.6) is 0 Å². The summed E-state index contributed by atoms with van der Waals surface area (Å²) in [5.41, 5.74) is 2.46. The number of aromatic nitrogens is 1. The lowest BCUT2D eigenvalue weighted by molar-refractivity contribution is 0.0474. The molecule has 4 nitrogen and oxygen atoms in total. The van der Waals surface area contributed by atoms with Gasteiger partial charge < -0.3 is 10.0 Å². The predicted molar refractivity (Wildman–Crippen MR) is 91.6 cm³/mol. The van der Waals surface area contributed by atoms with Crippen LogP contribution >= 0.6 is 11.3 Å². The molecule has 0 aliphatic carbocycles. The Balaban J connectivity index is 1.63. The van der Waals surface area contributed by atoms with E-state index < -0.39 is 6.10 Å². The standard InChI is InChI=1S/C18H22N2O2S/c1-12-10-15(11-13(2)19-12)18(22)20-7-5-14(6-8-20)17(21)16-4-3-9-23-16/h3-4,9-11,14,17,21H,5-8H2,1-2H3/t17-/m0/s1. The number of carbonyl (C=O) groups excluding carboxylic acids is 1. The molecule has 1 N–H and O–H groups in total. The molecule has 5 heteroatoms. The number of hydrogen-bond donors (Lipinski definition) is 1. The summed E-state index contributed by atoms with van der Waals surface area (Å²) in [7, 11) is 0. The molecule has 3 heterocycles. The van der Waals surface area contributed by atoms with Crippen molar-refractivity contribution in [2.24, 2.45) is 5.92 Å². The fraction of sp³-hybridized carbons (Fsp3) is 0.444. The Kier molecular flexibility index (Phi) is 4.78. The average molecular weight is 330 g/mol. The van der Waals surface area contributed by atoms with Gasteiger partial charge in [0.15, 0.2) is 0 Å². The molecule has 1 aliphatic heterocycles. The molecule has 1 saturated heterocycles. The van der Waals surface area contributed by atoms with Crippen LogP contribution in [-0.4, -0.2) is 34.0 Å². The molecule has 23 heavy (non-hydrogen) atoms. The van der Waals surface area contributed by atoms with E-state index in [1.54, 1.807) is 11.3 Å². The second-order valence-corrected chi connectivity index (χ2v) is 7.21. The van der Waals surface area contributed by atoms with E-state index in [4.69, 9.17) is 0 Å². The smallest absolute Gasteiger partial charge is 0.253 e. The molecule has 0 radical (unpaired) electrons. The second kappa shape index (κ2) is 6.81. The highest BCUT2D eigenvalue weighted by atomic mass is 32.1. The van der Waals surface area contributed by atoms with Gasteiger partial charge in [-0.15, -0.1) is 11.3 Å². The number of aryl methyl sites for hydroxylation is 2. The van der Waals surface area contributed by atoms with E-state index in [-0.39, 0.29) is 11.8 Å². The number of aliphatic hydroxyl groups is 1. The number of amides is 1. The van der Waals surface area contributed by atoms with Crippen molar-refractivity contribution >= 4 is 17.2 Å². The second-order valence-electron chi connectivity index (χ2n) is 6.23. The fourth-order valence-electron chi connectivity index (χ4n) is 3.25. The molecular weight excluding hydrogens is 308 g/mol. The number of likely N-dealkylation sites (tertiary alicyclic amines) is 1. The zero-order valence-electron chi connectivity index (χ0n) is 13.5. The van der Waals surface area contributed by atoms with Gasteiger partial charge in [0.25, 0.3) is 5.91 Å². The molecule has 0 bridgehead atoms. The molecule has 2 aromatic rings. The summed E-state index contributed by atoms with van der Waals surface area (Å²) in [6, 6.07) is 7.65. The lowest BCUT2D eigenvalue weighted by Gasteiger charge is -2.34.